The maximum Gasteiger partial charge on any atom is 0.325 e. The van der Waals surface area contributed by atoms with E-state index in [2.05, 4.69) is 11.4 Å². The van der Waals surface area contributed by atoms with Crippen molar-refractivity contribution < 1.29 is 14.4 Å². The number of fused-ring (bicyclic) bond motifs is 2. The van der Waals surface area contributed by atoms with E-state index in [0.29, 0.717) is 13.0 Å². The molecule has 2 heterocycles. The number of imide groups is 1. The molecule has 4 amide bonds. The van der Waals surface area contributed by atoms with E-state index in [1.165, 1.54) is 5.56 Å². The number of urea groups is 1. The summed E-state index contributed by atoms with van der Waals surface area (Å²) in [5.74, 6) is -0.568. The molecule has 0 saturated carbocycles. The van der Waals surface area contributed by atoms with E-state index in [0.717, 1.165) is 39.3 Å². The molecule has 1 saturated heterocycles. The Hall–Kier alpha value is -2.67. The predicted molar refractivity (Wildman–Crippen MR) is 112 cm³/mol. The Morgan fingerprint density at radius 3 is 2.83 bits per heavy atom. The Morgan fingerprint density at radius 1 is 1.28 bits per heavy atom. The molecule has 1 atom stereocenters. The molecule has 7 heteroatoms. The molecule has 1 fully saturated rings. The molecule has 1 aliphatic heterocycles. The quantitative estimate of drug-likeness (QED) is 0.786. The molecule has 2 aromatic rings. The summed E-state index contributed by atoms with van der Waals surface area (Å²) in [6, 6.07) is 7.55. The van der Waals surface area contributed by atoms with Gasteiger partial charge in [-0.15, -0.1) is 11.3 Å². The van der Waals surface area contributed by atoms with Gasteiger partial charge in [-0.3, -0.25) is 14.5 Å². The Bertz CT molecular complexity index is 999. The average molecular weight is 412 g/mol. The molecular weight excluding hydrogens is 386 g/mol. The molecule has 4 rings (SSSR count). The Balaban J connectivity index is 1.49. The minimum Gasteiger partial charge on any atom is -0.340 e. The van der Waals surface area contributed by atoms with Gasteiger partial charge >= 0.3 is 6.03 Å². The molecule has 0 unspecified atom stereocenters. The van der Waals surface area contributed by atoms with E-state index in [1.807, 2.05) is 37.4 Å². The number of amides is 4. The van der Waals surface area contributed by atoms with E-state index >= 15 is 0 Å². The summed E-state index contributed by atoms with van der Waals surface area (Å²) in [6.45, 7) is 4.24. The summed E-state index contributed by atoms with van der Waals surface area (Å²) in [6.07, 6.45) is 2.34. The van der Waals surface area contributed by atoms with Crippen LogP contribution < -0.4 is 5.32 Å². The van der Waals surface area contributed by atoms with Crippen LogP contribution in [-0.4, -0.2) is 41.2 Å². The van der Waals surface area contributed by atoms with Gasteiger partial charge < -0.3 is 10.2 Å². The number of nitrogens with one attached hydrogen (secondary N) is 1. The highest BCUT2D eigenvalue weighted by molar-refractivity contribution is 7.10. The van der Waals surface area contributed by atoms with Gasteiger partial charge in [0.2, 0.25) is 5.91 Å². The second-order valence-corrected chi connectivity index (χ2v) is 9.02. The molecule has 1 spiro atoms. The summed E-state index contributed by atoms with van der Waals surface area (Å²) in [7, 11) is 1.70. The van der Waals surface area contributed by atoms with Crippen molar-refractivity contribution in [1.82, 2.24) is 15.1 Å². The van der Waals surface area contributed by atoms with Crippen LogP contribution in [0.15, 0.2) is 29.6 Å². The molecule has 29 heavy (non-hydrogen) atoms. The van der Waals surface area contributed by atoms with Crippen LogP contribution >= 0.6 is 11.3 Å². The zero-order chi connectivity index (χ0) is 20.8. The van der Waals surface area contributed by atoms with Gasteiger partial charge in [0, 0.05) is 24.0 Å². The largest absolute Gasteiger partial charge is 0.340 e. The molecule has 2 aliphatic rings. The van der Waals surface area contributed by atoms with Crippen LogP contribution in [0, 0.1) is 13.8 Å². The van der Waals surface area contributed by atoms with Gasteiger partial charge in [0.15, 0.2) is 0 Å². The maximum atomic E-state index is 13.2. The van der Waals surface area contributed by atoms with Crippen LogP contribution in [0.2, 0.25) is 0 Å². The van der Waals surface area contributed by atoms with Crippen molar-refractivity contribution in [3.8, 4) is 0 Å². The van der Waals surface area contributed by atoms with E-state index < -0.39 is 11.6 Å². The number of hydrogen-bond donors (Lipinski definition) is 1. The van der Waals surface area contributed by atoms with E-state index in [4.69, 9.17) is 0 Å². The normalized spacial score (nSPS) is 20.7. The van der Waals surface area contributed by atoms with Crippen molar-refractivity contribution >= 4 is 29.2 Å². The first-order chi connectivity index (χ1) is 13.8. The Morgan fingerprint density at radius 2 is 2.07 bits per heavy atom. The average Bonchev–Trinajstić information content (AvgIpc) is 3.24. The zero-order valence-corrected chi connectivity index (χ0v) is 17.8. The van der Waals surface area contributed by atoms with Gasteiger partial charge in [-0.2, -0.15) is 0 Å². The van der Waals surface area contributed by atoms with Crippen molar-refractivity contribution in [2.45, 2.75) is 45.2 Å². The van der Waals surface area contributed by atoms with Crippen LogP contribution in [-0.2, 0) is 28.1 Å². The molecule has 0 bridgehead atoms. The second-order valence-electron chi connectivity index (χ2n) is 8.02. The first-order valence-electron chi connectivity index (χ1n) is 9.83. The van der Waals surface area contributed by atoms with Crippen molar-refractivity contribution in [2.75, 3.05) is 13.6 Å². The lowest BCUT2D eigenvalue weighted by molar-refractivity contribution is -0.139. The van der Waals surface area contributed by atoms with Gasteiger partial charge in [-0.05, 0) is 55.7 Å². The molecule has 1 N–H and O–H groups in total. The molecule has 0 radical (unpaired) electrons. The molecule has 152 valence electrons. The van der Waals surface area contributed by atoms with Crippen LogP contribution in [0.3, 0.4) is 0 Å². The number of thiophene rings is 1. The number of aryl methyl sites for hydroxylation is 3. The van der Waals surface area contributed by atoms with Crippen LogP contribution in [0.4, 0.5) is 4.79 Å². The van der Waals surface area contributed by atoms with E-state index in [1.54, 1.807) is 23.3 Å². The topological polar surface area (TPSA) is 69.7 Å². The van der Waals surface area contributed by atoms with E-state index in [-0.39, 0.29) is 18.4 Å². The summed E-state index contributed by atoms with van der Waals surface area (Å²) in [5, 5.41) is 4.86. The highest BCUT2D eigenvalue weighted by Crippen LogP contribution is 2.42. The first kappa shape index (κ1) is 19.6. The first-order valence-corrected chi connectivity index (χ1v) is 10.7. The summed E-state index contributed by atoms with van der Waals surface area (Å²) >= 11 is 1.62. The lowest BCUT2D eigenvalue weighted by Gasteiger charge is -2.31. The number of benzene rings is 1. The lowest BCUT2D eigenvalue weighted by Crippen LogP contribution is -2.47. The monoisotopic (exact) mass is 411 g/mol. The minimum absolute atomic E-state index is 0.243. The summed E-state index contributed by atoms with van der Waals surface area (Å²) in [4.78, 5) is 42.4. The number of carbonyl (C=O) groups excluding carboxylic acids is 3. The fourth-order valence-corrected chi connectivity index (χ4v) is 5.31. The molecular formula is C22H25N3O3S. The van der Waals surface area contributed by atoms with Gasteiger partial charge in [0.25, 0.3) is 5.91 Å². The predicted octanol–water partition coefficient (Wildman–Crippen LogP) is 3.11. The number of hydrogen-bond acceptors (Lipinski definition) is 4. The van der Waals surface area contributed by atoms with Crippen molar-refractivity contribution in [2.24, 2.45) is 0 Å². The second kappa shape index (κ2) is 7.30. The number of nitrogens with zero attached hydrogens (tertiary/aromatic N) is 2. The summed E-state index contributed by atoms with van der Waals surface area (Å²) in [5.41, 5.74) is 3.23. The Kier molecular flexibility index (Phi) is 4.94. The lowest BCUT2D eigenvalue weighted by atomic mass is 9.80. The van der Waals surface area contributed by atoms with Crippen LogP contribution in [0.25, 0.3) is 0 Å². The van der Waals surface area contributed by atoms with Crippen LogP contribution in [0.5, 0.6) is 0 Å². The molecule has 1 aromatic carbocycles. The number of rotatable bonds is 4. The third-order valence-corrected chi connectivity index (χ3v) is 6.94. The third kappa shape index (κ3) is 3.33. The highest BCUT2D eigenvalue weighted by Gasteiger charge is 2.54. The third-order valence-electron chi connectivity index (χ3n) is 5.96. The fourth-order valence-electron chi connectivity index (χ4n) is 4.31. The summed E-state index contributed by atoms with van der Waals surface area (Å²) < 4.78 is 0. The molecule has 1 aromatic heterocycles. The van der Waals surface area contributed by atoms with Gasteiger partial charge in [0.1, 0.15) is 12.1 Å². The van der Waals surface area contributed by atoms with Gasteiger partial charge in [0.05, 0.1) is 0 Å². The smallest absolute Gasteiger partial charge is 0.325 e. The maximum absolute atomic E-state index is 13.2. The van der Waals surface area contributed by atoms with Crippen molar-refractivity contribution in [3.05, 3.63) is 56.8 Å². The zero-order valence-electron chi connectivity index (χ0n) is 16.9. The Labute approximate surface area is 174 Å². The van der Waals surface area contributed by atoms with Crippen LogP contribution in [0.1, 0.15) is 40.0 Å². The number of carbonyl (C=O) groups is 3. The fraction of sp³-hybridized carbons (Fsp3) is 0.409. The van der Waals surface area contributed by atoms with Gasteiger partial charge in [-0.1, -0.05) is 23.8 Å². The standard InChI is InChI=1S/C22H25N3O3S/c1-14-6-7-16(15(2)11-14)12-24(3)19(26)13-25-20(27)22(23-21(25)28)9-4-5-18-17(22)8-10-29-18/h6-8,10-11H,4-5,9,12-13H2,1-3H3,(H,23,28)/t22-/m1/s1. The molecule has 6 nitrogen and oxygen atoms in total. The number of likely N-dealkylation sites (N-methyl/N-ethyl adjacent to an activating group) is 1. The highest BCUT2D eigenvalue weighted by atomic mass is 32.1. The SMILES string of the molecule is Cc1ccc(CN(C)C(=O)CN2C(=O)N[C@@]3(CCCc4sccc43)C2=O)c(C)c1. The van der Waals surface area contributed by atoms with Crippen molar-refractivity contribution in [3.63, 3.8) is 0 Å². The van der Waals surface area contributed by atoms with E-state index in [9.17, 15) is 14.4 Å². The molecule has 1 aliphatic carbocycles. The van der Waals surface area contributed by atoms with Crippen molar-refractivity contribution in [1.29, 1.82) is 0 Å². The minimum atomic E-state index is -1.00. The van der Waals surface area contributed by atoms with Gasteiger partial charge in [-0.25, -0.2) is 4.79 Å².